The number of urea groups is 1. The molecule has 1 aliphatic heterocycles. The van der Waals surface area contributed by atoms with E-state index in [1.165, 1.54) is 17.0 Å². The third-order valence-corrected chi connectivity index (χ3v) is 4.58. The van der Waals surface area contributed by atoms with Crippen LogP contribution in [-0.4, -0.2) is 69.1 Å². The summed E-state index contributed by atoms with van der Waals surface area (Å²) in [5.41, 5.74) is 6.49. The minimum Gasteiger partial charge on any atom is -0.382 e. The maximum Gasteiger partial charge on any atom is 0.324 e. The summed E-state index contributed by atoms with van der Waals surface area (Å²) in [5.74, 6) is -0.128. The molecule has 1 fully saturated rings. The molecule has 0 aliphatic carbocycles. The van der Waals surface area contributed by atoms with Crippen molar-refractivity contribution in [3.05, 3.63) is 47.5 Å². The van der Waals surface area contributed by atoms with Gasteiger partial charge in [-0.05, 0) is 24.6 Å². The lowest BCUT2D eigenvalue weighted by molar-refractivity contribution is -0.112. The van der Waals surface area contributed by atoms with Crippen LogP contribution in [0.15, 0.2) is 36.2 Å². The van der Waals surface area contributed by atoms with E-state index in [2.05, 4.69) is 16.2 Å². The summed E-state index contributed by atoms with van der Waals surface area (Å²) in [6, 6.07) is 6.32. The van der Waals surface area contributed by atoms with Crippen LogP contribution in [0.4, 0.5) is 9.18 Å². The number of methoxy groups -OCH3 is 1. The van der Waals surface area contributed by atoms with Crippen LogP contribution in [0.3, 0.4) is 0 Å². The van der Waals surface area contributed by atoms with Gasteiger partial charge in [0.25, 0.3) is 0 Å². The zero-order valence-electron chi connectivity index (χ0n) is 18.9. The maximum atomic E-state index is 13.4. The van der Waals surface area contributed by atoms with Crippen molar-refractivity contribution < 1.29 is 23.5 Å². The van der Waals surface area contributed by atoms with Crippen molar-refractivity contribution in [1.29, 1.82) is 0 Å². The van der Waals surface area contributed by atoms with E-state index in [0.717, 1.165) is 5.56 Å². The van der Waals surface area contributed by atoms with Crippen LogP contribution in [0, 0.1) is 5.82 Å². The first-order valence-corrected chi connectivity index (χ1v) is 10.2. The monoisotopic (exact) mass is 439 g/mol. The Labute approximate surface area is 183 Å². The fourth-order valence-electron chi connectivity index (χ4n) is 2.75. The van der Waals surface area contributed by atoms with Gasteiger partial charge < -0.3 is 24.6 Å². The average molecular weight is 440 g/mol. The number of nitrogens with one attached hydrogen (secondary N) is 3. The summed E-state index contributed by atoms with van der Waals surface area (Å²) >= 11 is 0. The molecule has 9 nitrogen and oxygen atoms in total. The summed E-state index contributed by atoms with van der Waals surface area (Å²) in [7, 11) is 3.23. The van der Waals surface area contributed by atoms with Crippen molar-refractivity contribution >= 4 is 12.4 Å². The molecule has 1 saturated heterocycles. The van der Waals surface area contributed by atoms with E-state index < -0.39 is 6.35 Å². The molecule has 10 heteroatoms. The molecule has 1 aliphatic rings. The van der Waals surface area contributed by atoms with Gasteiger partial charge in [0.15, 0.2) is 0 Å². The number of likely N-dealkylation sites (tertiary alicyclic amines) is 1. The number of rotatable bonds is 11. The first kappa shape index (κ1) is 26.3. The summed E-state index contributed by atoms with van der Waals surface area (Å²) in [6.07, 6.45) is 1.40. The van der Waals surface area contributed by atoms with Gasteiger partial charge in [-0.2, -0.15) is 5.43 Å². The van der Waals surface area contributed by atoms with Crippen molar-refractivity contribution in [3.8, 4) is 0 Å². The molecule has 0 saturated carbocycles. The second kappa shape index (κ2) is 14.3. The largest absolute Gasteiger partial charge is 0.382 e. The van der Waals surface area contributed by atoms with Gasteiger partial charge >= 0.3 is 6.03 Å². The van der Waals surface area contributed by atoms with Gasteiger partial charge in [0, 0.05) is 45.1 Å². The number of hydrogen-bond donors (Lipinski definition) is 3. The Morgan fingerprint density at radius 2 is 2.06 bits per heavy atom. The standard InChI is InChI=1S/C19H28FN5O4.C2H6/c1-14(10-21-18(23-22-13-26)29-8-7-28-3)24(2)19(27)25-11-16(12-25)15-5-4-6-17(20)9-15;1-2/h4-6,9-10,13,16,18,21,23H,7-8,11-12H2,1-3H3,(H,22,26);1-2H3/b14-10+;. The van der Waals surface area contributed by atoms with Crippen molar-refractivity contribution in [2.45, 2.75) is 33.0 Å². The van der Waals surface area contributed by atoms with Crippen LogP contribution in [0.5, 0.6) is 0 Å². The van der Waals surface area contributed by atoms with E-state index in [4.69, 9.17) is 9.47 Å². The molecule has 1 aromatic carbocycles. The van der Waals surface area contributed by atoms with Crippen LogP contribution < -0.4 is 16.2 Å². The molecule has 3 N–H and O–H groups in total. The molecule has 1 unspecified atom stereocenters. The number of hydrogen-bond acceptors (Lipinski definition) is 6. The second-order valence-corrected chi connectivity index (χ2v) is 6.60. The number of amides is 3. The van der Waals surface area contributed by atoms with Gasteiger partial charge in [-0.25, -0.2) is 9.18 Å². The predicted molar refractivity (Wildman–Crippen MR) is 116 cm³/mol. The van der Waals surface area contributed by atoms with Gasteiger partial charge in [0.2, 0.25) is 12.8 Å². The van der Waals surface area contributed by atoms with Crippen molar-refractivity contribution in [2.24, 2.45) is 0 Å². The minimum atomic E-state index is -0.699. The highest BCUT2D eigenvalue weighted by atomic mass is 19.1. The predicted octanol–water partition coefficient (Wildman–Crippen LogP) is 1.95. The smallest absolute Gasteiger partial charge is 0.324 e. The SMILES string of the molecule is CC.COCCOC(N/C=C(\C)N(C)C(=O)N1CC(c2cccc(F)c2)C1)NNC=O. The lowest BCUT2D eigenvalue weighted by Gasteiger charge is -2.41. The molecule has 1 aromatic rings. The third-order valence-electron chi connectivity index (χ3n) is 4.58. The summed E-state index contributed by atoms with van der Waals surface area (Å²) in [6.45, 7) is 7.55. The fraction of sp³-hybridized carbons (Fsp3) is 0.524. The Balaban J connectivity index is 0.00000233. The maximum absolute atomic E-state index is 13.4. The summed E-state index contributed by atoms with van der Waals surface area (Å²) < 4.78 is 23.7. The van der Waals surface area contributed by atoms with Gasteiger partial charge in [-0.15, -0.1) is 0 Å². The van der Waals surface area contributed by atoms with E-state index in [-0.39, 0.29) is 17.8 Å². The summed E-state index contributed by atoms with van der Waals surface area (Å²) in [4.78, 5) is 26.3. The molecule has 0 radical (unpaired) electrons. The molecule has 0 spiro atoms. The highest BCUT2D eigenvalue weighted by molar-refractivity contribution is 5.77. The lowest BCUT2D eigenvalue weighted by atomic mass is 9.92. The molecular weight excluding hydrogens is 405 g/mol. The highest BCUT2D eigenvalue weighted by Crippen LogP contribution is 2.28. The second-order valence-electron chi connectivity index (χ2n) is 6.60. The van der Waals surface area contributed by atoms with E-state index in [0.29, 0.717) is 38.4 Å². The zero-order chi connectivity index (χ0) is 23.2. The van der Waals surface area contributed by atoms with Gasteiger partial charge in [-0.3, -0.25) is 10.2 Å². The number of benzene rings is 1. The number of nitrogens with zero attached hydrogens (tertiary/aromatic N) is 2. The van der Waals surface area contributed by atoms with Crippen molar-refractivity contribution in [3.63, 3.8) is 0 Å². The summed E-state index contributed by atoms with van der Waals surface area (Å²) in [5, 5.41) is 2.94. The van der Waals surface area contributed by atoms with Gasteiger partial charge in [-0.1, -0.05) is 26.0 Å². The first-order valence-electron chi connectivity index (χ1n) is 10.2. The number of carbonyl (C=O) groups excluding carboxylic acids is 2. The van der Waals surface area contributed by atoms with Crippen LogP contribution in [0.1, 0.15) is 32.3 Å². The molecule has 31 heavy (non-hydrogen) atoms. The average Bonchev–Trinajstić information content (AvgIpc) is 2.75. The Morgan fingerprint density at radius 1 is 1.35 bits per heavy atom. The molecule has 2 rings (SSSR count). The lowest BCUT2D eigenvalue weighted by Crippen LogP contribution is -2.53. The number of halogens is 1. The Bertz CT molecular complexity index is 713. The van der Waals surface area contributed by atoms with Crippen molar-refractivity contribution in [1.82, 2.24) is 26.0 Å². The minimum absolute atomic E-state index is 0.141. The van der Waals surface area contributed by atoms with Gasteiger partial charge in [0.05, 0.1) is 13.2 Å². The molecule has 1 atom stereocenters. The van der Waals surface area contributed by atoms with E-state index >= 15 is 0 Å². The first-order chi connectivity index (χ1) is 15.0. The molecule has 0 aromatic heterocycles. The molecule has 1 heterocycles. The molecule has 0 bridgehead atoms. The Morgan fingerprint density at radius 3 is 2.68 bits per heavy atom. The van der Waals surface area contributed by atoms with Crippen LogP contribution in [0.25, 0.3) is 0 Å². The molecule has 174 valence electrons. The topological polar surface area (TPSA) is 95.2 Å². The third kappa shape index (κ3) is 8.52. The normalized spacial score (nSPS) is 14.6. The number of ether oxygens (including phenoxy) is 2. The molecular formula is C21H34FN5O4. The van der Waals surface area contributed by atoms with Crippen LogP contribution in [0.2, 0.25) is 0 Å². The van der Waals surface area contributed by atoms with Crippen molar-refractivity contribution in [2.75, 3.05) is 40.5 Å². The zero-order valence-corrected chi connectivity index (χ0v) is 18.9. The number of hydrazine groups is 1. The number of carbonyl (C=O) groups is 2. The molecule has 3 amide bonds. The highest BCUT2D eigenvalue weighted by Gasteiger charge is 2.33. The van der Waals surface area contributed by atoms with Crippen LogP contribution in [-0.2, 0) is 14.3 Å². The Kier molecular flexibility index (Phi) is 12.2. The fourth-order valence-corrected chi connectivity index (χ4v) is 2.75. The number of allylic oxidation sites excluding steroid dienone is 1. The Hall–Kier alpha value is -2.69. The van der Waals surface area contributed by atoms with E-state index in [1.807, 2.05) is 19.9 Å². The quantitative estimate of drug-likeness (QED) is 0.211. The van der Waals surface area contributed by atoms with Crippen LogP contribution >= 0.6 is 0 Å². The van der Waals surface area contributed by atoms with E-state index in [9.17, 15) is 14.0 Å². The van der Waals surface area contributed by atoms with E-state index in [1.54, 1.807) is 38.2 Å². The van der Waals surface area contributed by atoms with Gasteiger partial charge in [0.1, 0.15) is 5.82 Å².